The number of nitrogens with zero attached hydrogens (tertiary/aromatic N) is 3. The summed E-state index contributed by atoms with van der Waals surface area (Å²) in [6.07, 6.45) is 2.06. The highest BCUT2D eigenvalue weighted by molar-refractivity contribution is 6.91. The SMILES string of the molecule is COc1ccc([Si](C)(C)[C@H]2[C@H](CC(=O)N3CCC[C@H]3CO)O[C@@]3(C(=O)N(Cc4cccc(N(C=O)c5ccccc5)c4)c4ccccc43)[C@@H]2C)cc1. The van der Waals surface area contributed by atoms with Crippen LogP contribution in [0.4, 0.5) is 17.1 Å². The van der Waals surface area contributed by atoms with Crippen molar-refractivity contribution in [1.82, 2.24) is 4.90 Å². The lowest BCUT2D eigenvalue weighted by Crippen LogP contribution is -2.52. The molecule has 270 valence electrons. The van der Waals surface area contributed by atoms with E-state index in [9.17, 15) is 14.7 Å². The highest BCUT2D eigenvalue weighted by Crippen LogP contribution is 2.60. The van der Waals surface area contributed by atoms with Gasteiger partial charge in [-0.25, -0.2) is 0 Å². The number of carbonyl (C=O) groups excluding carboxylic acids is 3. The molecule has 0 saturated carbocycles. The Kier molecular flexibility index (Phi) is 9.82. The van der Waals surface area contributed by atoms with Gasteiger partial charge in [0.1, 0.15) is 5.75 Å². The molecule has 3 heterocycles. The van der Waals surface area contributed by atoms with E-state index < -0.39 is 19.8 Å². The highest BCUT2D eigenvalue weighted by Gasteiger charge is 2.66. The number of hydrogen-bond acceptors (Lipinski definition) is 6. The lowest BCUT2D eigenvalue weighted by atomic mass is 9.82. The number of methoxy groups -OCH3 is 1. The van der Waals surface area contributed by atoms with Gasteiger partial charge in [-0.05, 0) is 66.4 Å². The maximum atomic E-state index is 15.2. The largest absolute Gasteiger partial charge is 0.497 e. The van der Waals surface area contributed by atoms with Gasteiger partial charge >= 0.3 is 0 Å². The molecule has 3 aliphatic rings. The maximum absolute atomic E-state index is 15.2. The lowest BCUT2D eigenvalue weighted by Gasteiger charge is -2.37. The topological polar surface area (TPSA) is 99.6 Å². The van der Waals surface area contributed by atoms with Crippen molar-refractivity contribution in [2.24, 2.45) is 5.92 Å². The Hall–Kier alpha value is -4.77. The van der Waals surface area contributed by atoms with Gasteiger partial charge in [0.25, 0.3) is 5.91 Å². The summed E-state index contributed by atoms with van der Waals surface area (Å²) >= 11 is 0. The average molecular weight is 718 g/mol. The molecule has 5 atom stereocenters. The number of benzene rings is 4. The minimum Gasteiger partial charge on any atom is -0.497 e. The number of carbonyl (C=O) groups is 3. The fourth-order valence-electron chi connectivity index (χ4n) is 9.11. The summed E-state index contributed by atoms with van der Waals surface area (Å²) in [7, 11) is -0.794. The van der Waals surface area contributed by atoms with Crippen LogP contribution in [0, 0.1) is 5.92 Å². The van der Waals surface area contributed by atoms with Gasteiger partial charge in [0.05, 0.1) is 52.6 Å². The number of amides is 3. The Morgan fingerprint density at radius 2 is 1.71 bits per heavy atom. The van der Waals surface area contributed by atoms with Gasteiger partial charge in [-0.1, -0.05) is 85.9 Å². The Bertz CT molecular complexity index is 1940. The molecule has 4 aromatic carbocycles. The summed E-state index contributed by atoms with van der Waals surface area (Å²) in [5.74, 6) is 0.336. The zero-order chi connectivity index (χ0) is 36.6. The number of fused-ring (bicyclic) bond motifs is 2. The van der Waals surface area contributed by atoms with E-state index in [-0.39, 0.29) is 48.9 Å². The van der Waals surface area contributed by atoms with Gasteiger partial charge < -0.3 is 24.4 Å². The average Bonchev–Trinajstić information content (AvgIpc) is 3.83. The van der Waals surface area contributed by atoms with Crippen LogP contribution in [0.5, 0.6) is 5.75 Å². The van der Waals surface area contributed by atoms with Gasteiger partial charge in [0.2, 0.25) is 12.3 Å². The van der Waals surface area contributed by atoms with Crippen LogP contribution in [-0.2, 0) is 31.3 Å². The normalized spacial score (nSPS) is 24.0. The molecule has 7 rings (SSSR count). The molecular formula is C42H47N3O6Si. The van der Waals surface area contributed by atoms with Gasteiger partial charge in [-0.2, -0.15) is 0 Å². The molecule has 52 heavy (non-hydrogen) atoms. The van der Waals surface area contributed by atoms with Crippen molar-refractivity contribution in [3.8, 4) is 5.75 Å². The fourth-order valence-corrected chi connectivity index (χ4v) is 13.1. The summed E-state index contributed by atoms with van der Waals surface area (Å²) in [4.78, 5) is 46.7. The monoisotopic (exact) mass is 717 g/mol. The van der Waals surface area contributed by atoms with Crippen LogP contribution in [0.15, 0.2) is 103 Å². The van der Waals surface area contributed by atoms with Crippen LogP contribution in [0.1, 0.15) is 37.3 Å². The number of aliphatic hydroxyl groups is 1. The summed E-state index contributed by atoms with van der Waals surface area (Å²) < 4.78 is 12.7. The van der Waals surface area contributed by atoms with Crippen molar-refractivity contribution < 1.29 is 29.0 Å². The number of aliphatic hydroxyl groups excluding tert-OH is 1. The van der Waals surface area contributed by atoms with Gasteiger partial charge in [-0.3, -0.25) is 19.3 Å². The molecule has 4 aromatic rings. The quantitative estimate of drug-likeness (QED) is 0.148. The van der Waals surface area contributed by atoms with Crippen molar-refractivity contribution in [3.63, 3.8) is 0 Å². The van der Waals surface area contributed by atoms with Gasteiger partial charge in [-0.15, -0.1) is 0 Å². The molecule has 10 heteroatoms. The van der Waals surface area contributed by atoms with E-state index in [2.05, 4.69) is 32.2 Å². The lowest BCUT2D eigenvalue weighted by molar-refractivity contribution is -0.150. The number of rotatable bonds is 11. The van der Waals surface area contributed by atoms with Gasteiger partial charge in [0, 0.05) is 29.4 Å². The second kappa shape index (κ2) is 14.3. The summed E-state index contributed by atoms with van der Waals surface area (Å²) in [6, 6.07) is 33.0. The first-order chi connectivity index (χ1) is 25.1. The highest BCUT2D eigenvalue weighted by atomic mass is 28.3. The number of ether oxygens (including phenoxy) is 2. The first-order valence-corrected chi connectivity index (χ1v) is 21.2. The molecule has 1 N–H and O–H groups in total. The first kappa shape index (κ1) is 35.6. The molecule has 3 aliphatic heterocycles. The predicted molar refractivity (Wildman–Crippen MR) is 205 cm³/mol. The van der Waals surface area contributed by atoms with E-state index in [0.717, 1.165) is 47.5 Å². The first-order valence-electron chi connectivity index (χ1n) is 18.2. The molecule has 2 fully saturated rings. The minimum atomic E-state index is -2.45. The smallest absolute Gasteiger partial charge is 0.264 e. The molecule has 0 aromatic heterocycles. The van der Waals surface area contributed by atoms with Crippen LogP contribution < -0.4 is 19.7 Å². The number of para-hydroxylation sites is 2. The Balaban J connectivity index is 1.26. The summed E-state index contributed by atoms with van der Waals surface area (Å²) in [5, 5.41) is 11.2. The summed E-state index contributed by atoms with van der Waals surface area (Å²) in [5.41, 5.74) is 2.54. The second-order valence-electron chi connectivity index (χ2n) is 14.8. The van der Waals surface area contributed by atoms with E-state index in [4.69, 9.17) is 9.47 Å². The van der Waals surface area contributed by atoms with Crippen LogP contribution in [0.25, 0.3) is 0 Å². The molecule has 0 unspecified atom stereocenters. The van der Waals surface area contributed by atoms with E-state index in [0.29, 0.717) is 12.2 Å². The molecule has 9 nitrogen and oxygen atoms in total. The van der Waals surface area contributed by atoms with Crippen molar-refractivity contribution in [2.45, 2.75) is 69.1 Å². The number of hydrogen-bond donors (Lipinski definition) is 1. The van der Waals surface area contributed by atoms with Crippen molar-refractivity contribution in [3.05, 3.63) is 114 Å². The van der Waals surface area contributed by atoms with E-state index in [1.54, 1.807) is 16.9 Å². The van der Waals surface area contributed by atoms with Crippen LogP contribution in [0.3, 0.4) is 0 Å². The van der Waals surface area contributed by atoms with Crippen LogP contribution in [-0.4, -0.2) is 68.7 Å². The van der Waals surface area contributed by atoms with Gasteiger partial charge in [0.15, 0.2) is 5.60 Å². The molecule has 3 amide bonds. The van der Waals surface area contributed by atoms with E-state index >= 15 is 4.79 Å². The number of likely N-dealkylation sites (tertiary alicyclic amines) is 1. The molecule has 2 saturated heterocycles. The zero-order valence-corrected chi connectivity index (χ0v) is 31.3. The standard InChI is InChI=1S/C42H47N3O6Si/c1-29-40(52(3,4)35-21-19-34(50-2)20-22-35)38(25-39(48)43-23-11-16-33(43)27-46)51-42(29)36-17-8-9-18-37(36)44(41(42)49)26-30-12-10-15-32(24-30)45(28-47)31-13-6-5-7-14-31/h5-10,12-15,17-22,24,28-29,33,38,40,46H,11,16,23,25-27H2,1-4H3/t29-,33+,38+,40-,42+/m1/s1. The van der Waals surface area contributed by atoms with E-state index in [1.165, 1.54) is 5.19 Å². The predicted octanol–water partition coefficient (Wildman–Crippen LogP) is 6.13. The van der Waals surface area contributed by atoms with Crippen molar-refractivity contribution in [1.29, 1.82) is 0 Å². The van der Waals surface area contributed by atoms with Crippen molar-refractivity contribution in [2.75, 3.05) is 30.1 Å². The molecular weight excluding hydrogens is 671 g/mol. The second-order valence-corrected chi connectivity index (χ2v) is 19.5. The number of anilines is 3. The Morgan fingerprint density at radius 1 is 1.00 bits per heavy atom. The van der Waals surface area contributed by atoms with Crippen molar-refractivity contribution >= 4 is 48.5 Å². The molecule has 1 spiro atoms. The zero-order valence-electron chi connectivity index (χ0n) is 30.3. The molecule has 0 radical (unpaired) electrons. The maximum Gasteiger partial charge on any atom is 0.264 e. The van der Waals surface area contributed by atoms with Crippen LogP contribution in [0.2, 0.25) is 18.6 Å². The minimum absolute atomic E-state index is 0.0409. The third-order valence-corrected chi connectivity index (χ3v) is 16.1. The van der Waals surface area contributed by atoms with Crippen LogP contribution >= 0.6 is 0 Å². The van der Waals surface area contributed by atoms with E-state index in [1.807, 2.05) is 95.9 Å². The molecule has 0 bridgehead atoms. The molecule has 0 aliphatic carbocycles. The fraction of sp³-hybridized carbons (Fsp3) is 0.357. The Morgan fingerprint density at radius 3 is 2.42 bits per heavy atom. The third kappa shape index (κ3) is 6.02. The Labute approximate surface area is 306 Å². The summed E-state index contributed by atoms with van der Waals surface area (Å²) in [6.45, 7) is 7.57. The third-order valence-electron chi connectivity index (χ3n) is 11.7.